The van der Waals surface area contributed by atoms with Crippen LogP contribution in [0, 0.1) is 10.2 Å². The predicted octanol–water partition coefficient (Wildman–Crippen LogP) is 3.51. The summed E-state index contributed by atoms with van der Waals surface area (Å²) in [5, 5.41) is 3.59. The topological polar surface area (TPSA) is 112 Å². The fraction of sp³-hybridized carbons (Fsp3) is 0.368. The summed E-state index contributed by atoms with van der Waals surface area (Å²) in [4.78, 5) is 18.9. The predicted molar refractivity (Wildman–Crippen MR) is 108 cm³/mol. The van der Waals surface area contributed by atoms with Crippen LogP contribution in [0.2, 0.25) is 5.02 Å². The maximum absolute atomic E-state index is 12.3. The van der Waals surface area contributed by atoms with E-state index in [9.17, 15) is 9.00 Å². The van der Waals surface area contributed by atoms with Crippen molar-refractivity contribution in [1.29, 1.82) is 4.78 Å². The lowest BCUT2D eigenvalue weighted by atomic mass is 9.61. The van der Waals surface area contributed by atoms with E-state index in [-0.39, 0.29) is 28.2 Å². The molecule has 3 aromatic rings. The lowest BCUT2D eigenvalue weighted by Gasteiger charge is -2.58. The second-order valence-corrected chi connectivity index (χ2v) is 10.5. The van der Waals surface area contributed by atoms with Gasteiger partial charge in [0.1, 0.15) is 15.2 Å². The van der Waals surface area contributed by atoms with Crippen molar-refractivity contribution in [2.75, 3.05) is 24.2 Å². The Labute approximate surface area is 172 Å². The van der Waals surface area contributed by atoms with Crippen molar-refractivity contribution in [2.24, 2.45) is 5.41 Å². The third kappa shape index (κ3) is 3.28. The number of benzene rings is 1. The van der Waals surface area contributed by atoms with E-state index in [2.05, 4.69) is 15.2 Å². The Bertz CT molecular complexity index is 1220. The molecule has 1 spiro atoms. The maximum atomic E-state index is 12.3. The molecule has 152 valence electrons. The summed E-state index contributed by atoms with van der Waals surface area (Å²) in [6.45, 7) is 1.67. The number of halogens is 1. The molecule has 2 aliphatic rings. The van der Waals surface area contributed by atoms with E-state index in [0.717, 1.165) is 31.4 Å². The summed E-state index contributed by atoms with van der Waals surface area (Å²) < 4.78 is 30.3. The van der Waals surface area contributed by atoms with Crippen LogP contribution in [0.3, 0.4) is 0 Å². The molecule has 2 fully saturated rings. The van der Waals surface area contributed by atoms with Crippen molar-refractivity contribution in [3.63, 3.8) is 0 Å². The lowest BCUT2D eigenvalue weighted by Crippen LogP contribution is -2.66. The fourth-order valence-corrected chi connectivity index (χ4v) is 4.92. The summed E-state index contributed by atoms with van der Waals surface area (Å²) in [6, 6.07) is 8.93. The first-order chi connectivity index (χ1) is 13.7. The average Bonchev–Trinajstić information content (AvgIpc) is 3.21. The number of carbonyl (C=O) groups is 1. The van der Waals surface area contributed by atoms with Crippen molar-refractivity contribution in [2.45, 2.75) is 24.0 Å². The summed E-state index contributed by atoms with van der Waals surface area (Å²) in [6.07, 6.45) is 3.01. The van der Waals surface area contributed by atoms with Gasteiger partial charge in [0.25, 0.3) is 11.9 Å². The first-order valence-corrected chi connectivity index (χ1v) is 11.5. The molecule has 1 atom stereocenters. The molecule has 1 saturated heterocycles. The molecule has 8 nitrogen and oxygen atoms in total. The van der Waals surface area contributed by atoms with Gasteiger partial charge in [0.05, 0.1) is 0 Å². The van der Waals surface area contributed by atoms with Crippen molar-refractivity contribution < 1.29 is 17.8 Å². The van der Waals surface area contributed by atoms with Gasteiger partial charge in [-0.1, -0.05) is 11.6 Å². The number of rotatable bonds is 4. The SMILES string of the molecule is CS(=N)(=O)c1ccc(C(=O)NC2CC3(C2)CN(c2nc4cc(Cl)ccc4o2)C3)o1. The van der Waals surface area contributed by atoms with Gasteiger partial charge < -0.3 is 19.1 Å². The summed E-state index contributed by atoms with van der Waals surface area (Å²) >= 11 is 6.00. The molecular formula is C19H19ClN4O4S. The molecule has 0 radical (unpaired) electrons. The van der Waals surface area contributed by atoms with Gasteiger partial charge in [0, 0.05) is 35.8 Å². The van der Waals surface area contributed by atoms with Crippen molar-refractivity contribution in [1.82, 2.24) is 10.3 Å². The smallest absolute Gasteiger partial charge is 0.298 e. The molecule has 1 saturated carbocycles. The van der Waals surface area contributed by atoms with Crippen LogP contribution in [-0.4, -0.2) is 40.5 Å². The Morgan fingerprint density at radius 3 is 2.76 bits per heavy atom. The zero-order valence-electron chi connectivity index (χ0n) is 15.6. The molecule has 3 heterocycles. The number of nitrogens with one attached hydrogen (secondary N) is 2. The summed E-state index contributed by atoms with van der Waals surface area (Å²) in [5.74, 6) is -0.255. The molecule has 1 aromatic carbocycles. The van der Waals surface area contributed by atoms with E-state index in [1.54, 1.807) is 12.1 Å². The number of anilines is 1. The highest BCUT2D eigenvalue weighted by Crippen LogP contribution is 2.49. The largest absolute Gasteiger partial charge is 0.441 e. The van der Waals surface area contributed by atoms with E-state index in [1.165, 1.54) is 18.4 Å². The van der Waals surface area contributed by atoms with Crippen LogP contribution in [0.5, 0.6) is 0 Å². The van der Waals surface area contributed by atoms with Crippen LogP contribution in [0.1, 0.15) is 23.4 Å². The molecule has 1 unspecified atom stereocenters. The van der Waals surface area contributed by atoms with E-state index in [4.69, 9.17) is 25.2 Å². The Balaban J connectivity index is 1.16. The zero-order chi connectivity index (χ0) is 20.4. The fourth-order valence-electron chi connectivity index (χ4n) is 4.18. The second kappa shape index (κ2) is 6.24. The summed E-state index contributed by atoms with van der Waals surface area (Å²) in [5.41, 5.74) is 1.63. The van der Waals surface area contributed by atoms with Gasteiger partial charge in [-0.15, -0.1) is 0 Å². The van der Waals surface area contributed by atoms with Crippen molar-refractivity contribution in [3.05, 3.63) is 41.1 Å². The van der Waals surface area contributed by atoms with Gasteiger partial charge in [-0.3, -0.25) is 4.79 Å². The molecule has 0 bridgehead atoms. The minimum atomic E-state index is -2.97. The van der Waals surface area contributed by atoms with Gasteiger partial charge in [-0.2, -0.15) is 4.98 Å². The number of carbonyl (C=O) groups excluding carboxylic acids is 1. The van der Waals surface area contributed by atoms with Crippen molar-refractivity contribution in [3.8, 4) is 0 Å². The number of amides is 1. The molecule has 5 rings (SSSR count). The molecule has 29 heavy (non-hydrogen) atoms. The molecule has 1 aliphatic heterocycles. The van der Waals surface area contributed by atoms with Gasteiger partial charge in [0.15, 0.2) is 16.4 Å². The average molecular weight is 435 g/mol. The quantitative estimate of drug-likeness (QED) is 0.649. The number of fused-ring (bicyclic) bond motifs is 1. The van der Waals surface area contributed by atoms with E-state index in [0.29, 0.717) is 16.6 Å². The normalized spacial score (nSPS) is 20.3. The van der Waals surface area contributed by atoms with Crippen molar-refractivity contribution >= 4 is 44.4 Å². The van der Waals surface area contributed by atoms with Gasteiger partial charge in [-0.25, -0.2) is 8.99 Å². The minimum Gasteiger partial charge on any atom is -0.441 e. The Morgan fingerprint density at radius 1 is 1.31 bits per heavy atom. The third-order valence-corrected chi connectivity index (χ3v) is 6.77. The number of nitrogens with zero attached hydrogens (tertiary/aromatic N) is 2. The zero-order valence-corrected chi connectivity index (χ0v) is 17.2. The number of oxazole rings is 1. The van der Waals surface area contributed by atoms with Crippen LogP contribution in [-0.2, 0) is 9.73 Å². The number of aromatic nitrogens is 1. The van der Waals surface area contributed by atoms with Crippen LogP contribution in [0.4, 0.5) is 6.01 Å². The molecular weight excluding hydrogens is 416 g/mol. The van der Waals surface area contributed by atoms with Crippen LogP contribution < -0.4 is 10.2 Å². The van der Waals surface area contributed by atoms with E-state index >= 15 is 0 Å². The third-order valence-electron chi connectivity index (χ3n) is 5.54. The second-order valence-electron chi connectivity index (χ2n) is 8.01. The van der Waals surface area contributed by atoms with Crippen LogP contribution in [0.15, 0.2) is 44.3 Å². The van der Waals surface area contributed by atoms with Gasteiger partial charge >= 0.3 is 0 Å². The van der Waals surface area contributed by atoms with Gasteiger partial charge in [-0.05, 0) is 43.2 Å². The minimum absolute atomic E-state index is 0.0157. The van der Waals surface area contributed by atoms with E-state index < -0.39 is 9.73 Å². The highest BCUT2D eigenvalue weighted by Gasteiger charge is 2.54. The first kappa shape index (κ1) is 18.5. The number of furan rings is 1. The first-order valence-electron chi connectivity index (χ1n) is 9.16. The standard InChI is InChI=1S/C19H19ClN4O4S/c1-29(21,26)16-5-4-15(27-16)17(25)22-12-7-19(8-12)9-24(10-19)18-23-13-6-11(20)2-3-14(13)28-18/h2-6,12,21H,7-10H2,1H3,(H,22,25). The number of hydrogen-bond acceptors (Lipinski definition) is 7. The molecule has 2 N–H and O–H groups in total. The highest BCUT2D eigenvalue weighted by molar-refractivity contribution is 7.91. The summed E-state index contributed by atoms with van der Waals surface area (Å²) in [7, 11) is -2.97. The number of hydrogen-bond donors (Lipinski definition) is 2. The van der Waals surface area contributed by atoms with Crippen LogP contribution >= 0.6 is 11.6 Å². The van der Waals surface area contributed by atoms with E-state index in [1.807, 2.05) is 6.07 Å². The monoisotopic (exact) mass is 434 g/mol. The Morgan fingerprint density at radius 2 is 2.07 bits per heavy atom. The molecule has 10 heteroatoms. The molecule has 2 aromatic heterocycles. The Hall–Kier alpha value is -2.52. The lowest BCUT2D eigenvalue weighted by molar-refractivity contribution is 0.0403. The molecule has 1 amide bonds. The van der Waals surface area contributed by atoms with Gasteiger partial charge in [0.2, 0.25) is 0 Å². The highest BCUT2D eigenvalue weighted by atomic mass is 35.5. The maximum Gasteiger partial charge on any atom is 0.298 e. The Kier molecular flexibility index (Phi) is 3.98. The van der Waals surface area contributed by atoms with Crippen LogP contribution in [0.25, 0.3) is 11.1 Å². The molecule has 1 aliphatic carbocycles.